The molecule has 5 nitrogen and oxygen atoms in total. The van der Waals surface area contributed by atoms with Gasteiger partial charge in [0.05, 0.1) is 6.61 Å². The van der Waals surface area contributed by atoms with Crippen LogP contribution < -0.4 is 5.32 Å². The minimum Gasteiger partial charge on any atom is -0.392 e. The van der Waals surface area contributed by atoms with Crippen LogP contribution in [0, 0.1) is 6.92 Å². The standard InChI is InChI=1S/C15H16N4O/c1-11-6-7-19-14(8-11)17-15(18-19)16-9-12-2-4-13(10-20)5-3-12/h2-8,20H,9-10H2,1H3,(H,16,18). The third-order valence-corrected chi connectivity index (χ3v) is 3.15. The summed E-state index contributed by atoms with van der Waals surface area (Å²) in [5.41, 5.74) is 4.03. The van der Waals surface area contributed by atoms with Crippen LogP contribution in [0.5, 0.6) is 0 Å². The molecule has 5 heteroatoms. The summed E-state index contributed by atoms with van der Waals surface area (Å²) in [7, 11) is 0. The van der Waals surface area contributed by atoms with Crippen molar-refractivity contribution in [2.24, 2.45) is 0 Å². The number of hydrogen-bond acceptors (Lipinski definition) is 4. The predicted octanol–water partition coefficient (Wildman–Crippen LogP) is 2.14. The van der Waals surface area contributed by atoms with Crippen LogP contribution in [0.15, 0.2) is 42.6 Å². The Morgan fingerprint density at radius 3 is 2.65 bits per heavy atom. The van der Waals surface area contributed by atoms with Gasteiger partial charge in [0.2, 0.25) is 5.95 Å². The molecule has 2 N–H and O–H groups in total. The van der Waals surface area contributed by atoms with Crippen molar-refractivity contribution in [2.45, 2.75) is 20.1 Å². The number of aliphatic hydroxyl groups excluding tert-OH is 1. The van der Waals surface area contributed by atoms with Crippen LogP contribution in [0.25, 0.3) is 5.65 Å². The van der Waals surface area contributed by atoms with Crippen LogP contribution in [-0.4, -0.2) is 19.7 Å². The Morgan fingerprint density at radius 2 is 1.90 bits per heavy atom. The highest BCUT2D eigenvalue weighted by Crippen LogP contribution is 2.10. The first-order chi connectivity index (χ1) is 9.74. The van der Waals surface area contributed by atoms with Crippen molar-refractivity contribution in [1.29, 1.82) is 0 Å². The van der Waals surface area contributed by atoms with Gasteiger partial charge in [-0.15, -0.1) is 5.10 Å². The van der Waals surface area contributed by atoms with Gasteiger partial charge in [-0.05, 0) is 35.7 Å². The van der Waals surface area contributed by atoms with Gasteiger partial charge in [0, 0.05) is 12.7 Å². The molecule has 0 aliphatic heterocycles. The van der Waals surface area contributed by atoms with Gasteiger partial charge in [0.15, 0.2) is 5.65 Å². The smallest absolute Gasteiger partial charge is 0.243 e. The Bertz CT molecular complexity index is 718. The molecule has 0 spiro atoms. The van der Waals surface area contributed by atoms with Crippen molar-refractivity contribution < 1.29 is 5.11 Å². The number of anilines is 1. The highest BCUT2D eigenvalue weighted by Gasteiger charge is 2.03. The molecule has 0 aliphatic carbocycles. The molecule has 3 aromatic rings. The Kier molecular flexibility index (Phi) is 3.35. The van der Waals surface area contributed by atoms with E-state index in [-0.39, 0.29) is 6.61 Å². The first-order valence-corrected chi connectivity index (χ1v) is 6.50. The van der Waals surface area contributed by atoms with E-state index in [1.807, 2.05) is 49.5 Å². The Morgan fingerprint density at radius 1 is 1.15 bits per heavy atom. The number of benzene rings is 1. The van der Waals surface area contributed by atoms with Crippen molar-refractivity contribution >= 4 is 11.6 Å². The van der Waals surface area contributed by atoms with Crippen LogP contribution in [0.1, 0.15) is 16.7 Å². The van der Waals surface area contributed by atoms with Gasteiger partial charge < -0.3 is 10.4 Å². The summed E-state index contributed by atoms with van der Waals surface area (Å²) in [5.74, 6) is 0.613. The molecular weight excluding hydrogens is 252 g/mol. The topological polar surface area (TPSA) is 62.5 Å². The van der Waals surface area contributed by atoms with Crippen molar-refractivity contribution in [3.63, 3.8) is 0 Å². The third-order valence-electron chi connectivity index (χ3n) is 3.15. The highest BCUT2D eigenvalue weighted by molar-refractivity contribution is 5.45. The van der Waals surface area contributed by atoms with E-state index in [1.54, 1.807) is 4.52 Å². The maximum Gasteiger partial charge on any atom is 0.243 e. The summed E-state index contributed by atoms with van der Waals surface area (Å²) in [4.78, 5) is 4.42. The number of nitrogens with one attached hydrogen (secondary N) is 1. The average Bonchev–Trinajstić information content (AvgIpc) is 2.87. The molecule has 0 aliphatic rings. The van der Waals surface area contributed by atoms with Crippen LogP contribution in [0.2, 0.25) is 0 Å². The van der Waals surface area contributed by atoms with Crippen molar-refractivity contribution in [1.82, 2.24) is 14.6 Å². The zero-order valence-electron chi connectivity index (χ0n) is 11.2. The number of fused-ring (bicyclic) bond motifs is 1. The first-order valence-electron chi connectivity index (χ1n) is 6.50. The number of aliphatic hydroxyl groups is 1. The summed E-state index contributed by atoms with van der Waals surface area (Å²) >= 11 is 0. The van der Waals surface area contributed by atoms with E-state index in [9.17, 15) is 0 Å². The lowest BCUT2D eigenvalue weighted by Crippen LogP contribution is -2.01. The van der Waals surface area contributed by atoms with E-state index >= 15 is 0 Å². The molecular formula is C15H16N4O. The number of pyridine rings is 1. The third kappa shape index (κ3) is 2.62. The molecule has 20 heavy (non-hydrogen) atoms. The molecule has 102 valence electrons. The first kappa shape index (κ1) is 12.6. The second-order valence-electron chi connectivity index (χ2n) is 4.77. The van der Waals surface area contributed by atoms with E-state index in [0.717, 1.165) is 22.3 Å². The summed E-state index contributed by atoms with van der Waals surface area (Å²) < 4.78 is 1.75. The van der Waals surface area contributed by atoms with Crippen LogP contribution in [-0.2, 0) is 13.2 Å². The van der Waals surface area contributed by atoms with Gasteiger partial charge in [-0.1, -0.05) is 24.3 Å². The van der Waals surface area contributed by atoms with Gasteiger partial charge in [-0.3, -0.25) is 0 Å². The molecule has 0 saturated carbocycles. The zero-order chi connectivity index (χ0) is 13.9. The van der Waals surface area contributed by atoms with Crippen molar-refractivity contribution in [3.05, 3.63) is 59.3 Å². The lowest BCUT2D eigenvalue weighted by molar-refractivity contribution is 0.282. The quantitative estimate of drug-likeness (QED) is 0.761. The fourth-order valence-corrected chi connectivity index (χ4v) is 2.00. The number of aryl methyl sites for hydroxylation is 1. The summed E-state index contributed by atoms with van der Waals surface area (Å²) in [6.45, 7) is 2.76. The van der Waals surface area contributed by atoms with E-state index < -0.39 is 0 Å². The molecule has 0 atom stereocenters. The molecule has 2 heterocycles. The maximum absolute atomic E-state index is 9.00. The average molecular weight is 268 g/mol. The monoisotopic (exact) mass is 268 g/mol. The fraction of sp³-hybridized carbons (Fsp3) is 0.200. The summed E-state index contributed by atoms with van der Waals surface area (Å²) in [6.07, 6.45) is 1.90. The second-order valence-corrected chi connectivity index (χ2v) is 4.77. The fourth-order valence-electron chi connectivity index (χ4n) is 2.00. The molecule has 0 bridgehead atoms. The number of rotatable bonds is 4. The van der Waals surface area contributed by atoms with E-state index in [0.29, 0.717) is 12.5 Å². The minimum atomic E-state index is 0.0705. The second kappa shape index (κ2) is 5.30. The van der Waals surface area contributed by atoms with Crippen LogP contribution >= 0.6 is 0 Å². The van der Waals surface area contributed by atoms with Gasteiger partial charge >= 0.3 is 0 Å². The molecule has 3 rings (SSSR count). The number of aromatic nitrogens is 3. The summed E-state index contributed by atoms with van der Waals surface area (Å²) in [6, 6.07) is 11.8. The SMILES string of the molecule is Cc1ccn2nc(NCc3ccc(CO)cc3)nc2c1. The van der Waals surface area contributed by atoms with E-state index in [1.165, 1.54) is 0 Å². The lowest BCUT2D eigenvalue weighted by atomic mass is 10.1. The Labute approximate surface area is 116 Å². The van der Waals surface area contributed by atoms with Crippen LogP contribution in [0.4, 0.5) is 5.95 Å². The minimum absolute atomic E-state index is 0.0705. The van der Waals surface area contributed by atoms with Gasteiger partial charge in [-0.2, -0.15) is 4.98 Å². The Hall–Kier alpha value is -2.40. The largest absolute Gasteiger partial charge is 0.392 e. The highest BCUT2D eigenvalue weighted by atomic mass is 16.3. The summed E-state index contributed by atoms with van der Waals surface area (Å²) in [5, 5.41) is 16.6. The number of nitrogens with zero attached hydrogens (tertiary/aromatic N) is 3. The van der Waals surface area contributed by atoms with Gasteiger partial charge in [0.1, 0.15) is 0 Å². The number of hydrogen-bond donors (Lipinski definition) is 2. The van der Waals surface area contributed by atoms with E-state index in [2.05, 4.69) is 15.4 Å². The maximum atomic E-state index is 9.00. The molecule has 1 aromatic carbocycles. The molecule has 0 amide bonds. The molecule has 0 unspecified atom stereocenters. The molecule has 0 saturated heterocycles. The normalized spacial score (nSPS) is 10.9. The van der Waals surface area contributed by atoms with Crippen molar-refractivity contribution in [2.75, 3.05) is 5.32 Å². The molecule has 0 fully saturated rings. The predicted molar refractivity (Wildman–Crippen MR) is 77.4 cm³/mol. The van der Waals surface area contributed by atoms with Crippen molar-refractivity contribution in [3.8, 4) is 0 Å². The zero-order valence-corrected chi connectivity index (χ0v) is 11.2. The molecule has 2 aromatic heterocycles. The lowest BCUT2D eigenvalue weighted by Gasteiger charge is -2.03. The van der Waals surface area contributed by atoms with Crippen LogP contribution in [0.3, 0.4) is 0 Å². The van der Waals surface area contributed by atoms with Gasteiger partial charge in [-0.25, -0.2) is 4.52 Å². The van der Waals surface area contributed by atoms with Gasteiger partial charge in [0.25, 0.3) is 0 Å². The Balaban J connectivity index is 1.72. The molecule has 0 radical (unpaired) electrons. The van der Waals surface area contributed by atoms with E-state index in [4.69, 9.17) is 5.11 Å².